The molecule has 4 bridgehead atoms. The van der Waals surface area contributed by atoms with Crippen LogP contribution < -0.4 is 18.9 Å². The Balaban J connectivity index is 2.23. The Hall–Kier alpha value is -2.40. The Kier molecular flexibility index (Phi) is 7.26. The molecule has 5 heteroatoms. The summed E-state index contributed by atoms with van der Waals surface area (Å²) in [5.74, 6) is 2.83. The highest BCUT2D eigenvalue weighted by molar-refractivity contribution is 5.82. The highest BCUT2D eigenvalue weighted by atomic mass is 16.5. The zero-order valence-corrected chi connectivity index (χ0v) is 18.2. The molecule has 5 nitrogen and oxygen atoms in total. The van der Waals surface area contributed by atoms with Gasteiger partial charge in [0.05, 0.1) is 34.5 Å². The molecular weight excluding hydrogens is 368 g/mol. The first-order chi connectivity index (χ1) is 14.2. The van der Waals surface area contributed by atoms with Crippen LogP contribution in [0.2, 0.25) is 0 Å². The van der Waals surface area contributed by atoms with Crippen LogP contribution in [0.25, 0.3) is 11.1 Å². The first kappa shape index (κ1) is 21.3. The lowest BCUT2D eigenvalue weighted by Gasteiger charge is -2.21. The minimum atomic E-state index is 0.274. The molecule has 0 saturated carbocycles. The van der Waals surface area contributed by atoms with Crippen molar-refractivity contribution in [1.82, 2.24) is 0 Å². The number of methoxy groups -OCH3 is 5. The van der Waals surface area contributed by atoms with Crippen molar-refractivity contribution in [3.8, 4) is 34.1 Å². The maximum atomic E-state index is 5.79. The summed E-state index contributed by atoms with van der Waals surface area (Å²) >= 11 is 0. The zero-order chi connectivity index (χ0) is 20.8. The van der Waals surface area contributed by atoms with Gasteiger partial charge in [0.2, 0.25) is 5.75 Å². The molecule has 1 aliphatic rings. The summed E-state index contributed by atoms with van der Waals surface area (Å²) in [6.45, 7) is 0. The second kappa shape index (κ2) is 9.88. The molecule has 3 rings (SSSR count). The molecule has 0 saturated heterocycles. The maximum Gasteiger partial charge on any atom is 0.204 e. The van der Waals surface area contributed by atoms with Crippen molar-refractivity contribution < 1.29 is 23.7 Å². The molecule has 1 aliphatic carbocycles. The lowest BCUT2D eigenvalue weighted by Crippen LogP contribution is -2.11. The molecule has 1 atom stereocenters. The van der Waals surface area contributed by atoms with Crippen LogP contribution in [0.3, 0.4) is 0 Å². The van der Waals surface area contributed by atoms with E-state index in [1.807, 2.05) is 13.2 Å². The van der Waals surface area contributed by atoms with E-state index in [1.165, 1.54) is 5.56 Å². The van der Waals surface area contributed by atoms with Crippen LogP contribution in [0.4, 0.5) is 0 Å². The lowest BCUT2D eigenvalue weighted by atomic mass is 9.95. The molecular formula is C24H32O5. The van der Waals surface area contributed by atoms with Crippen LogP contribution in [-0.4, -0.2) is 41.7 Å². The topological polar surface area (TPSA) is 46.2 Å². The van der Waals surface area contributed by atoms with Gasteiger partial charge < -0.3 is 23.7 Å². The molecule has 0 fully saturated rings. The van der Waals surface area contributed by atoms with E-state index >= 15 is 0 Å². The minimum absolute atomic E-state index is 0.274. The third-order valence-electron chi connectivity index (χ3n) is 5.74. The fraction of sp³-hybridized carbons (Fsp3) is 0.500. The third kappa shape index (κ3) is 4.45. The van der Waals surface area contributed by atoms with E-state index in [-0.39, 0.29) is 6.10 Å². The number of rotatable bonds is 5. The van der Waals surface area contributed by atoms with Gasteiger partial charge in [-0.1, -0.05) is 12.5 Å². The Morgan fingerprint density at radius 2 is 1.45 bits per heavy atom. The van der Waals surface area contributed by atoms with Gasteiger partial charge in [-0.3, -0.25) is 0 Å². The molecule has 0 amide bonds. The van der Waals surface area contributed by atoms with Crippen LogP contribution in [0, 0.1) is 0 Å². The second-order valence-corrected chi connectivity index (χ2v) is 7.36. The lowest BCUT2D eigenvalue weighted by molar-refractivity contribution is 0.0860. The molecule has 29 heavy (non-hydrogen) atoms. The van der Waals surface area contributed by atoms with Gasteiger partial charge in [-0.15, -0.1) is 0 Å². The summed E-state index contributed by atoms with van der Waals surface area (Å²) in [5, 5.41) is 0. The standard InChI is InChI=1S/C24H32O5/c1-25-18-9-7-6-8-17-15-20(23(28-4)24(29-5)22(17)27-3)19-14-16(10-12-18)11-13-21(19)26-2/h11,13-15,18H,6-10,12H2,1-5H3. The average molecular weight is 401 g/mol. The maximum absolute atomic E-state index is 5.79. The fourth-order valence-electron chi connectivity index (χ4n) is 4.19. The van der Waals surface area contributed by atoms with Crippen LogP contribution in [0.1, 0.15) is 36.8 Å². The molecule has 0 radical (unpaired) electrons. The van der Waals surface area contributed by atoms with Crippen molar-refractivity contribution >= 4 is 0 Å². The fourth-order valence-corrected chi connectivity index (χ4v) is 4.19. The molecule has 0 aliphatic heterocycles. The van der Waals surface area contributed by atoms with Crippen molar-refractivity contribution in [2.45, 2.75) is 44.6 Å². The Morgan fingerprint density at radius 1 is 0.690 bits per heavy atom. The van der Waals surface area contributed by atoms with Crippen molar-refractivity contribution in [3.05, 3.63) is 35.4 Å². The van der Waals surface area contributed by atoms with E-state index in [0.29, 0.717) is 11.5 Å². The van der Waals surface area contributed by atoms with Gasteiger partial charge in [0.25, 0.3) is 0 Å². The van der Waals surface area contributed by atoms with Gasteiger partial charge in [-0.2, -0.15) is 0 Å². The van der Waals surface area contributed by atoms with Crippen molar-refractivity contribution in [3.63, 3.8) is 0 Å². The van der Waals surface area contributed by atoms with E-state index < -0.39 is 0 Å². The summed E-state index contributed by atoms with van der Waals surface area (Å²) in [6, 6.07) is 8.51. The Morgan fingerprint density at radius 3 is 2.10 bits per heavy atom. The van der Waals surface area contributed by atoms with Crippen LogP contribution in [0.5, 0.6) is 23.0 Å². The first-order valence-electron chi connectivity index (χ1n) is 10.2. The predicted molar refractivity (Wildman–Crippen MR) is 115 cm³/mol. The van der Waals surface area contributed by atoms with E-state index in [2.05, 4.69) is 18.2 Å². The normalized spacial score (nSPS) is 16.8. The van der Waals surface area contributed by atoms with E-state index in [0.717, 1.165) is 66.7 Å². The number of benzene rings is 2. The largest absolute Gasteiger partial charge is 0.496 e. The zero-order valence-electron chi connectivity index (χ0n) is 18.2. The number of ether oxygens (including phenoxy) is 5. The SMILES string of the molecule is COc1ccc2cc1-c1cc(c(OC)c(OC)c1OC)CCCCC(OC)CC2. The molecule has 0 heterocycles. The van der Waals surface area contributed by atoms with E-state index in [1.54, 1.807) is 28.4 Å². The molecule has 1 unspecified atom stereocenters. The molecule has 0 N–H and O–H groups in total. The molecule has 2 aromatic carbocycles. The van der Waals surface area contributed by atoms with E-state index in [9.17, 15) is 0 Å². The van der Waals surface area contributed by atoms with Gasteiger partial charge >= 0.3 is 0 Å². The van der Waals surface area contributed by atoms with Crippen molar-refractivity contribution in [2.24, 2.45) is 0 Å². The molecule has 158 valence electrons. The predicted octanol–water partition coefficient (Wildman–Crippen LogP) is 5.06. The van der Waals surface area contributed by atoms with Gasteiger partial charge in [-0.25, -0.2) is 0 Å². The van der Waals surface area contributed by atoms with Gasteiger partial charge in [0.15, 0.2) is 11.5 Å². The number of fused-ring (bicyclic) bond motifs is 5. The molecule has 0 spiro atoms. The molecule has 2 aromatic rings. The Labute approximate surface area is 173 Å². The monoisotopic (exact) mass is 400 g/mol. The van der Waals surface area contributed by atoms with Gasteiger partial charge in [0.1, 0.15) is 5.75 Å². The van der Waals surface area contributed by atoms with Crippen molar-refractivity contribution in [1.29, 1.82) is 0 Å². The van der Waals surface area contributed by atoms with Crippen molar-refractivity contribution in [2.75, 3.05) is 35.5 Å². The second-order valence-electron chi connectivity index (χ2n) is 7.36. The van der Waals surface area contributed by atoms with Crippen LogP contribution in [0.15, 0.2) is 24.3 Å². The summed E-state index contributed by atoms with van der Waals surface area (Å²) in [4.78, 5) is 0. The summed E-state index contributed by atoms with van der Waals surface area (Å²) < 4.78 is 28.7. The average Bonchev–Trinajstić information content (AvgIpc) is 2.77. The first-order valence-corrected chi connectivity index (χ1v) is 10.2. The smallest absolute Gasteiger partial charge is 0.204 e. The van der Waals surface area contributed by atoms with Crippen LogP contribution in [-0.2, 0) is 17.6 Å². The van der Waals surface area contributed by atoms with Gasteiger partial charge in [-0.05, 0) is 61.4 Å². The highest BCUT2D eigenvalue weighted by Crippen LogP contribution is 2.49. The number of hydrogen-bond acceptors (Lipinski definition) is 5. The summed E-state index contributed by atoms with van der Waals surface area (Å²) in [7, 11) is 8.50. The Bertz CT molecular complexity index is 831. The summed E-state index contributed by atoms with van der Waals surface area (Å²) in [5.41, 5.74) is 4.32. The highest BCUT2D eigenvalue weighted by Gasteiger charge is 2.24. The van der Waals surface area contributed by atoms with E-state index in [4.69, 9.17) is 23.7 Å². The summed E-state index contributed by atoms with van der Waals surface area (Å²) in [6.07, 6.45) is 6.35. The third-order valence-corrected chi connectivity index (χ3v) is 5.74. The van der Waals surface area contributed by atoms with Crippen LogP contribution >= 0.6 is 0 Å². The number of hydrogen-bond donors (Lipinski definition) is 0. The quantitative estimate of drug-likeness (QED) is 0.702. The minimum Gasteiger partial charge on any atom is -0.496 e. The van der Waals surface area contributed by atoms with Gasteiger partial charge in [0, 0.05) is 18.2 Å². The number of aryl methyl sites for hydroxylation is 2. The molecule has 0 aromatic heterocycles.